The fraction of sp³-hybridized carbons (Fsp3) is 0.444. The van der Waals surface area contributed by atoms with Gasteiger partial charge in [-0.3, -0.25) is 9.69 Å². The molecule has 1 saturated carbocycles. The van der Waals surface area contributed by atoms with Crippen molar-refractivity contribution in [3.63, 3.8) is 0 Å². The van der Waals surface area contributed by atoms with Crippen LogP contribution >= 0.6 is 0 Å². The van der Waals surface area contributed by atoms with E-state index in [1.54, 1.807) is 12.1 Å². The lowest BCUT2D eigenvalue weighted by Gasteiger charge is -2.23. The van der Waals surface area contributed by atoms with E-state index >= 15 is 0 Å². The van der Waals surface area contributed by atoms with E-state index < -0.39 is 5.54 Å². The molecule has 0 aromatic heterocycles. The molecule has 0 radical (unpaired) electrons. The maximum absolute atomic E-state index is 12.9. The number of hydrogen-bond donors (Lipinski definition) is 4. The number of amides is 3. The molecule has 2 aromatic rings. The van der Waals surface area contributed by atoms with Crippen LogP contribution in [0.4, 0.5) is 10.5 Å². The maximum Gasteiger partial charge on any atom is 0.319 e. The summed E-state index contributed by atoms with van der Waals surface area (Å²) in [6.45, 7) is 8.84. The third-order valence-electron chi connectivity index (χ3n) is 6.76. The van der Waals surface area contributed by atoms with Gasteiger partial charge >= 0.3 is 6.03 Å². The number of nitrogens with one attached hydrogen (secondary N) is 2. The Morgan fingerprint density at radius 3 is 2.51 bits per heavy atom. The number of aliphatic imine (C=N–C) groups is 1. The Balaban J connectivity index is 1.29. The highest BCUT2D eigenvalue weighted by Crippen LogP contribution is 2.50. The van der Waals surface area contributed by atoms with Gasteiger partial charge in [0.25, 0.3) is 5.91 Å². The number of rotatable bonds is 8. The van der Waals surface area contributed by atoms with E-state index in [0.717, 1.165) is 23.1 Å². The molecule has 2 unspecified atom stereocenters. The molecule has 1 heterocycles. The van der Waals surface area contributed by atoms with Gasteiger partial charge in [0.2, 0.25) is 0 Å². The van der Waals surface area contributed by atoms with Gasteiger partial charge in [-0.05, 0) is 72.4 Å². The first kappa shape index (κ1) is 24.6. The topological polar surface area (TPSA) is 120 Å². The SMILES string of the molecule is CC(C)CC1(C)N=C(N)N(Cc2ccc(CNC(=O)Nc3ccc(O)c(C4C[C@@H]4C)c3)cc2)C1=O. The average Bonchev–Trinajstić information content (AvgIpc) is 3.48. The Labute approximate surface area is 206 Å². The van der Waals surface area contributed by atoms with E-state index in [1.807, 2.05) is 37.3 Å². The molecule has 3 atom stereocenters. The molecule has 1 fully saturated rings. The monoisotopic (exact) mass is 477 g/mol. The summed E-state index contributed by atoms with van der Waals surface area (Å²) in [4.78, 5) is 31.3. The molecule has 0 bridgehead atoms. The van der Waals surface area contributed by atoms with Crippen LogP contribution in [0.1, 0.15) is 63.1 Å². The number of urea groups is 1. The quantitative estimate of drug-likeness (QED) is 0.424. The summed E-state index contributed by atoms with van der Waals surface area (Å²) >= 11 is 0. The van der Waals surface area contributed by atoms with Crippen molar-refractivity contribution in [1.29, 1.82) is 0 Å². The minimum absolute atomic E-state index is 0.0698. The van der Waals surface area contributed by atoms with E-state index in [2.05, 4.69) is 36.4 Å². The maximum atomic E-state index is 12.9. The first-order chi connectivity index (χ1) is 16.6. The van der Waals surface area contributed by atoms with Crippen LogP contribution in [0.2, 0.25) is 0 Å². The lowest BCUT2D eigenvalue weighted by molar-refractivity contribution is -0.131. The van der Waals surface area contributed by atoms with Crippen LogP contribution in [0.5, 0.6) is 5.75 Å². The Morgan fingerprint density at radius 1 is 1.23 bits per heavy atom. The van der Waals surface area contributed by atoms with Crippen molar-refractivity contribution in [1.82, 2.24) is 10.2 Å². The largest absolute Gasteiger partial charge is 0.508 e. The van der Waals surface area contributed by atoms with Crippen LogP contribution in [0, 0.1) is 11.8 Å². The molecule has 35 heavy (non-hydrogen) atoms. The summed E-state index contributed by atoms with van der Waals surface area (Å²) in [5.74, 6) is 1.72. The van der Waals surface area contributed by atoms with Crippen molar-refractivity contribution >= 4 is 23.6 Å². The van der Waals surface area contributed by atoms with Crippen LogP contribution in [0.25, 0.3) is 0 Å². The highest BCUT2D eigenvalue weighted by Gasteiger charge is 2.44. The van der Waals surface area contributed by atoms with Gasteiger partial charge in [-0.25, -0.2) is 9.79 Å². The summed E-state index contributed by atoms with van der Waals surface area (Å²) in [5.41, 5.74) is 8.68. The summed E-state index contributed by atoms with van der Waals surface area (Å²) in [6.07, 6.45) is 1.71. The van der Waals surface area contributed by atoms with E-state index in [-0.39, 0.29) is 23.6 Å². The number of hydrogen-bond acceptors (Lipinski definition) is 5. The normalized spacial score (nSPS) is 23.4. The van der Waals surface area contributed by atoms with Crippen molar-refractivity contribution in [3.05, 3.63) is 59.2 Å². The summed E-state index contributed by atoms with van der Waals surface area (Å²) in [5, 5.41) is 15.8. The Bertz CT molecular complexity index is 1140. The second kappa shape index (κ2) is 9.60. The number of phenolic OH excluding ortho intramolecular Hbond substituents is 1. The molecule has 3 amide bonds. The van der Waals surface area contributed by atoms with Crippen molar-refractivity contribution in [2.24, 2.45) is 22.6 Å². The van der Waals surface area contributed by atoms with Gasteiger partial charge in [-0.2, -0.15) is 0 Å². The lowest BCUT2D eigenvalue weighted by atomic mass is 9.91. The van der Waals surface area contributed by atoms with Crippen LogP contribution < -0.4 is 16.4 Å². The predicted molar refractivity (Wildman–Crippen MR) is 137 cm³/mol. The zero-order valence-electron chi connectivity index (χ0n) is 20.8. The number of nitrogens with two attached hydrogens (primary N) is 1. The highest BCUT2D eigenvalue weighted by atomic mass is 16.3. The van der Waals surface area contributed by atoms with Gasteiger partial charge in [0.15, 0.2) is 5.96 Å². The summed E-state index contributed by atoms with van der Waals surface area (Å²) < 4.78 is 0. The number of anilines is 1. The smallest absolute Gasteiger partial charge is 0.319 e. The number of carbonyl (C=O) groups is 2. The summed E-state index contributed by atoms with van der Waals surface area (Å²) in [6, 6.07) is 12.6. The van der Waals surface area contributed by atoms with Gasteiger partial charge in [-0.15, -0.1) is 0 Å². The molecule has 2 aliphatic rings. The minimum atomic E-state index is -0.801. The molecule has 8 nitrogen and oxygen atoms in total. The highest BCUT2D eigenvalue weighted by molar-refractivity contribution is 6.06. The molecular formula is C27H35N5O3. The van der Waals surface area contributed by atoms with Crippen LogP contribution in [0.3, 0.4) is 0 Å². The Morgan fingerprint density at radius 2 is 1.89 bits per heavy atom. The zero-order valence-corrected chi connectivity index (χ0v) is 20.8. The molecule has 8 heteroatoms. The van der Waals surface area contributed by atoms with E-state index in [0.29, 0.717) is 43.0 Å². The summed E-state index contributed by atoms with van der Waals surface area (Å²) in [7, 11) is 0. The molecule has 1 aliphatic heterocycles. The minimum Gasteiger partial charge on any atom is -0.508 e. The average molecular weight is 478 g/mol. The second-order valence-corrected chi connectivity index (χ2v) is 10.5. The van der Waals surface area contributed by atoms with Gasteiger partial charge < -0.3 is 21.5 Å². The zero-order chi connectivity index (χ0) is 25.3. The van der Waals surface area contributed by atoms with Crippen LogP contribution in [-0.4, -0.2) is 33.4 Å². The fourth-order valence-electron chi connectivity index (χ4n) is 4.82. The van der Waals surface area contributed by atoms with E-state index in [9.17, 15) is 14.7 Å². The molecule has 5 N–H and O–H groups in total. The number of phenols is 1. The standard InChI is InChI=1S/C27H35N5O3/c1-16(2)13-27(4)24(34)32(25(28)31-27)15-19-7-5-18(6-8-19)14-29-26(35)30-20-9-10-23(33)22(12-20)21-11-17(21)3/h5-10,12,16-17,21,33H,11,13-15H2,1-4H3,(H2,28,31)(H2,29,30,35)/t17-,21?,27?/m0/s1. The molecule has 0 spiro atoms. The first-order valence-electron chi connectivity index (χ1n) is 12.2. The predicted octanol–water partition coefficient (Wildman–Crippen LogP) is 4.30. The number of carbonyl (C=O) groups excluding carboxylic acids is 2. The van der Waals surface area contributed by atoms with Crippen molar-refractivity contribution in [2.45, 2.75) is 65.1 Å². The Hall–Kier alpha value is -3.55. The van der Waals surface area contributed by atoms with Crippen molar-refractivity contribution in [2.75, 3.05) is 5.32 Å². The molecule has 0 saturated heterocycles. The van der Waals surface area contributed by atoms with Crippen molar-refractivity contribution < 1.29 is 14.7 Å². The lowest BCUT2D eigenvalue weighted by Crippen LogP contribution is -2.43. The first-order valence-corrected chi connectivity index (χ1v) is 12.2. The van der Waals surface area contributed by atoms with Gasteiger partial charge in [0, 0.05) is 12.2 Å². The van der Waals surface area contributed by atoms with Gasteiger partial charge in [0.1, 0.15) is 11.3 Å². The molecule has 4 rings (SSSR count). The third kappa shape index (κ3) is 5.58. The molecule has 186 valence electrons. The van der Waals surface area contributed by atoms with Crippen molar-refractivity contribution in [3.8, 4) is 5.75 Å². The Kier molecular flexibility index (Phi) is 6.74. The van der Waals surface area contributed by atoms with Crippen LogP contribution in [-0.2, 0) is 17.9 Å². The van der Waals surface area contributed by atoms with Gasteiger partial charge in [-0.1, -0.05) is 45.0 Å². The number of nitrogens with zero attached hydrogens (tertiary/aromatic N) is 2. The molecule has 2 aromatic carbocycles. The third-order valence-corrected chi connectivity index (χ3v) is 6.76. The van der Waals surface area contributed by atoms with Gasteiger partial charge in [0.05, 0.1) is 6.54 Å². The van der Waals surface area contributed by atoms with E-state index in [4.69, 9.17) is 5.73 Å². The van der Waals surface area contributed by atoms with E-state index in [1.165, 1.54) is 4.90 Å². The number of benzene rings is 2. The fourth-order valence-corrected chi connectivity index (χ4v) is 4.82. The second-order valence-electron chi connectivity index (χ2n) is 10.5. The van der Waals surface area contributed by atoms with Crippen LogP contribution in [0.15, 0.2) is 47.5 Å². The molecular weight excluding hydrogens is 442 g/mol. The number of guanidine groups is 1. The number of aromatic hydroxyl groups is 1. The molecule has 1 aliphatic carbocycles.